The molecule has 1 aliphatic heterocycles. The van der Waals surface area contributed by atoms with Crippen LogP contribution < -0.4 is 10.1 Å². The third-order valence-corrected chi connectivity index (χ3v) is 6.39. The summed E-state index contributed by atoms with van der Waals surface area (Å²) in [4.78, 5) is 26.3. The van der Waals surface area contributed by atoms with Gasteiger partial charge in [-0.1, -0.05) is 18.2 Å². The maximum atomic E-state index is 13.5. The number of nitrogens with one attached hydrogen (secondary N) is 1. The van der Waals surface area contributed by atoms with Crippen LogP contribution in [0.25, 0.3) is 0 Å². The first kappa shape index (κ1) is 23.2. The van der Waals surface area contributed by atoms with Gasteiger partial charge in [-0.3, -0.25) is 19.6 Å². The van der Waals surface area contributed by atoms with Crippen molar-refractivity contribution in [3.05, 3.63) is 105 Å². The Kier molecular flexibility index (Phi) is 5.93. The molecule has 36 heavy (non-hydrogen) atoms. The molecule has 5 rings (SSSR count). The van der Waals surface area contributed by atoms with Crippen LogP contribution in [0.1, 0.15) is 44.8 Å². The minimum atomic E-state index is -0.475. The fraction of sp³-hybridized carbons (Fsp3) is 0.231. The van der Waals surface area contributed by atoms with Crippen LogP contribution >= 0.6 is 0 Å². The molecule has 10 heteroatoms. The van der Waals surface area contributed by atoms with Crippen molar-refractivity contribution in [2.24, 2.45) is 0 Å². The number of carbonyl (C=O) groups excluding carboxylic acids is 1. The lowest BCUT2D eigenvalue weighted by Crippen LogP contribution is -2.42. The molecule has 1 atom stereocenters. The van der Waals surface area contributed by atoms with Gasteiger partial charge >= 0.3 is 5.69 Å². The Morgan fingerprint density at radius 1 is 1.14 bits per heavy atom. The van der Waals surface area contributed by atoms with E-state index in [1.54, 1.807) is 48.9 Å². The van der Waals surface area contributed by atoms with Crippen molar-refractivity contribution in [3.8, 4) is 5.75 Å². The van der Waals surface area contributed by atoms with Crippen LogP contribution in [0.15, 0.2) is 65.3 Å². The van der Waals surface area contributed by atoms with Gasteiger partial charge in [-0.05, 0) is 55.8 Å². The van der Waals surface area contributed by atoms with Crippen molar-refractivity contribution in [1.29, 1.82) is 0 Å². The van der Waals surface area contributed by atoms with E-state index >= 15 is 0 Å². The third-order valence-electron chi connectivity index (χ3n) is 6.39. The molecule has 1 amide bonds. The molecule has 4 aromatic rings. The smallest absolute Gasteiger partial charge is 0.312 e. The van der Waals surface area contributed by atoms with Crippen molar-refractivity contribution in [2.75, 3.05) is 12.4 Å². The van der Waals surface area contributed by atoms with Crippen LogP contribution in [0.5, 0.6) is 5.75 Å². The topological polar surface area (TPSA) is 116 Å². The van der Waals surface area contributed by atoms with Crippen LogP contribution in [0.2, 0.25) is 0 Å². The van der Waals surface area contributed by atoms with Gasteiger partial charge in [0.15, 0.2) is 0 Å². The predicted molar refractivity (Wildman–Crippen MR) is 132 cm³/mol. The molecule has 10 nitrogen and oxygen atoms in total. The average molecular weight is 488 g/mol. The Bertz CT molecular complexity index is 1440. The Balaban J connectivity index is 1.55. The van der Waals surface area contributed by atoms with Crippen molar-refractivity contribution in [3.63, 3.8) is 0 Å². The average Bonchev–Trinajstić information content (AvgIpc) is 3.48. The van der Waals surface area contributed by atoms with E-state index in [1.807, 2.05) is 42.5 Å². The van der Waals surface area contributed by atoms with E-state index in [9.17, 15) is 14.9 Å². The Morgan fingerprint density at radius 2 is 1.94 bits per heavy atom. The molecule has 1 aliphatic rings. The minimum Gasteiger partial charge on any atom is -0.496 e. The normalized spacial score (nSPS) is 14.9. The minimum absolute atomic E-state index is 0.00546. The summed E-state index contributed by atoms with van der Waals surface area (Å²) in [6.07, 6.45) is 1.11. The number of nitrogens with zero attached hydrogens (tertiary/aromatic N) is 4. The molecule has 2 aromatic carbocycles. The first-order chi connectivity index (χ1) is 17.4. The summed E-state index contributed by atoms with van der Waals surface area (Å²) in [7, 11) is 1.57. The van der Waals surface area contributed by atoms with Gasteiger partial charge in [-0.15, -0.1) is 0 Å². The number of aryl methyl sites for hydroxylation is 1. The molecule has 2 aromatic heterocycles. The van der Waals surface area contributed by atoms with E-state index in [0.29, 0.717) is 28.5 Å². The van der Waals surface area contributed by atoms with Crippen LogP contribution in [0.4, 0.5) is 11.4 Å². The molecule has 0 spiro atoms. The van der Waals surface area contributed by atoms with Gasteiger partial charge in [0.25, 0.3) is 5.91 Å². The molecular formula is C26H25N5O5. The van der Waals surface area contributed by atoms with E-state index in [4.69, 9.17) is 9.15 Å². The lowest BCUT2D eigenvalue weighted by molar-refractivity contribution is -0.386. The number of anilines is 1. The number of nitro groups is 1. The van der Waals surface area contributed by atoms with E-state index in [-0.39, 0.29) is 24.7 Å². The molecule has 0 saturated heterocycles. The summed E-state index contributed by atoms with van der Waals surface area (Å²) >= 11 is 0. The van der Waals surface area contributed by atoms with Gasteiger partial charge < -0.3 is 19.4 Å². The molecule has 3 heterocycles. The first-order valence-corrected chi connectivity index (χ1v) is 11.4. The number of aromatic nitrogens is 2. The van der Waals surface area contributed by atoms with Gasteiger partial charge in [-0.2, -0.15) is 5.10 Å². The van der Waals surface area contributed by atoms with Gasteiger partial charge in [0.05, 0.1) is 36.9 Å². The van der Waals surface area contributed by atoms with Gasteiger partial charge in [0.2, 0.25) is 0 Å². The molecular weight excluding hydrogens is 462 g/mol. The summed E-state index contributed by atoms with van der Waals surface area (Å²) in [6.45, 7) is 3.85. The zero-order chi connectivity index (χ0) is 25.4. The van der Waals surface area contributed by atoms with Crippen molar-refractivity contribution >= 4 is 17.3 Å². The van der Waals surface area contributed by atoms with Crippen molar-refractivity contribution in [2.45, 2.75) is 33.1 Å². The third kappa shape index (κ3) is 4.06. The monoisotopic (exact) mass is 487 g/mol. The van der Waals surface area contributed by atoms with E-state index < -0.39 is 11.1 Å². The molecule has 0 radical (unpaired) electrons. The largest absolute Gasteiger partial charge is 0.496 e. The second-order valence-corrected chi connectivity index (χ2v) is 8.61. The van der Waals surface area contributed by atoms with E-state index in [0.717, 1.165) is 16.8 Å². The summed E-state index contributed by atoms with van der Waals surface area (Å²) in [5.41, 5.74) is 3.76. The highest BCUT2D eigenvalue weighted by atomic mass is 16.6. The predicted octanol–water partition coefficient (Wildman–Crippen LogP) is 4.82. The number of methoxy groups -OCH3 is 1. The fourth-order valence-electron chi connectivity index (χ4n) is 4.65. The SMILES string of the molecule is COc1ccc([C@H]2Nc3ccccc3C(=O)N2Cc2ccco2)cc1Cn1nc(C)c([N+](=O)[O-])c1C. The second-order valence-electron chi connectivity index (χ2n) is 8.61. The summed E-state index contributed by atoms with van der Waals surface area (Å²) < 4.78 is 12.7. The van der Waals surface area contributed by atoms with Crippen molar-refractivity contribution in [1.82, 2.24) is 14.7 Å². The summed E-state index contributed by atoms with van der Waals surface area (Å²) in [5, 5.41) is 19.3. The molecule has 184 valence electrons. The van der Waals surface area contributed by atoms with Gasteiger partial charge in [-0.25, -0.2) is 0 Å². The van der Waals surface area contributed by atoms with E-state index in [2.05, 4.69) is 10.4 Å². The van der Waals surface area contributed by atoms with Crippen LogP contribution in [-0.2, 0) is 13.1 Å². The highest BCUT2D eigenvalue weighted by Crippen LogP contribution is 2.36. The van der Waals surface area contributed by atoms with Crippen molar-refractivity contribution < 1.29 is 18.9 Å². The maximum absolute atomic E-state index is 13.5. The van der Waals surface area contributed by atoms with Crippen LogP contribution in [0, 0.1) is 24.0 Å². The number of amides is 1. The number of rotatable bonds is 7. The standard InChI is InChI=1S/C26H25N5O5/c1-16-24(31(33)34)17(2)30(28-16)14-19-13-18(10-11-23(19)35-3)25-27-22-9-5-4-8-21(22)26(32)29(25)15-20-7-6-12-36-20/h4-13,25,27H,14-15H2,1-3H3/t25-/m0/s1. The number of fused-ring (bicyclic) bond motifs is 1. The number of carbonyl (C=O) groups is 1. The maximum Gasteiger partial charge on any atom is 0.312 e. The zero-order valence-electron chi connectivity index (χ0n) is 20.1. The molecule has 0 bridgehead atoms. The summed E-state index contributed by atoms with van der Waals surface area (Å²) in [6, 6.07) is 16.7. The van der Waals surface area contributed by atoms with E-state index in [1.165, 1.54) is 0 Å². The lowest BCUT2D eigenvalue weighted by atomic mass is 10.0. The molecule has 0 fully saturated rings. The highest BCUT2D eigenvalue weighted by molar-refractivity contribution is 6.01. The summed E-state index contributed by atoms with van der Waals surface area (Å²) in [5.74, 6) is 1.17. The number of hydrogen-bond donors (Lipinski definition) is 1. The van der Waals surface area contributed by atoms with Gasteiger partial charge in [0, 0.05) is 11.3 Å². The molecule has 0 unspecified atom stereocenters. The second kappa shape index (κ2) is 9.21. The Hall–Kier alpha value is -4.60. The number of para-hydroxylation sites is 1. The van der Waals surface area contributed by atoms with Gasteiger partial charge in [0.1, 0.15) is 29.1 Å². The zero-order valence-corrected chi connectivity index (χ0v) is 20.1. The fourth-order valence-corrected chi connectivity index (χ4v) is 4.65. The highest BCUT2D eigenvalue weighted by Gasteiger charge is 2.34. The van der Waals surface area contributed by atoms with Crippen LogP contribution in [-0.4, -0.2) is 32.6 Å². The number of benzene rings is 2. The number of hydrogen-bond acceptors (Lipinski definition) is 7. The molecule has 0 aliphatic carbocycles. The Morgan fingerprint density at radius 3 is 2.64 bits per heavy atom. The molecule has 1 N–H and O–H groups in total. The van der Waals surface area contributed by atoms with Crippen LogP contribution in [0.3, 0.4) is 0 Å². The first-order valence-electron chi connectivity index (χ1n) is 11.4. The molecule has 0 saturated carbocycles. The lowest BCUT2D eigenvalue weighted by Gasteiger charge is -2.38. The quantitative estimate of drug-likeness (QED) is 0.293. The Labute approximate surface area is 207 Å². The number of ether oxygens (including phenoxy) is 1. The number of furan rings is 1.